The second-order valence-corrected chi connectivity index (χ2v) is 2.64. The van der Waals surface area contributed by atoms with E-state index in [0.29, 0.717) is 0 Å². The average molecular weight is 206 g/mol. The van der Waals surface area contributed by atoms with E-state index in [1.807, 2.05) is 0 Å². The molecule has 13 heavy (non-hydrogen) atoms. The molecule has 0 saturated carbocycles. The number of ether oxygens (including phenoxy) is 1. The van der Waals surface area contributed by atoms with Gasteiger partial charge in [0.05, 0.1) is 5.02 Å². The van der Waals surface area contributed by atoms with Gasteiger partial charge in [0.2, 0.25) is 0 Å². The van der Waals surface area contributed by atoms with Crippen LogP contribution in [0.15, 0.2) is 18.2 Å². The lowest BCUT2D eigenvalue weighted by Crippen LogP contribution is -2.18. The normalized spacial score (nSPS) is 11.4. The molecule has 1 rings (SSSR count). The second kappa shape index (κ2) is 3.50. The van der Waals surface area contributed by atoms with E-state index in [1.54, 1.807) is 0 Å². The summed E-state index contributed by atoms with van der Waals surface area (Å²) < 4.78 is 38.8. The van der Waals surface area contributed by atoms with Gasteiger partial charge in [-0.1, -0.05) is 23.1 Å². The SMILES string of the molecule is [B]c1ccc(Cl)c(OC(F)(F)F)c1. The predicted octanol–water partition coefficient (Wildman–Crippen LogP) is 2.03. The van der Waals surface area contributed by atoms with Gasteiger partial charge in [0.1, 0.15) is 13.6 Å². The monoisotopic (exact) mass is 206 g/mol. The Bertz CT molecular complexity index is 313. The van der Waals surface area contributed by atoms with Gasteiger partial charge in [0.25, 0.3) is 0 Å². The van der Waals surface area contributed by atoms with E-state index in [1.165, 1.54) is 12.1 Å². The Hall–Kier alpha value is -0.835. The largest absolute Gasteiger partial charge is 0.573 e. The summed E-state index contributed by atoms with van der Waals surface area (Å²) in [4.78, 5) is 0. The molecule has 0 bridgehead atoms. The number of halogens is 4. The van der Waals surface area contributed by atoms with Crippen LogP contribution >= 0.6 is 11.6 Å². The first-order valence-corrected chi connectivity index (χ1v) is 3.57. The average Bonchev–Trinajstić information content (AvgIpc) is 1.94. The van der Waals surface area contributed by atoms with Gasteiger partial charge in [-0.05, 0) is 12.1 Å². The van der Waals surface area contributed by atoms with E-state index < -0.39 is 12.1 Å². The van der Waals surface area contributed by atoms with Crippen LogP contribution in [0, 0.1) is 0 Å². The Labute approximate surface area is 78.9 Å². The zero-order valence-electron chi connectivity index (χ0n) is 6.23. The molecule has 0 amide bonds. The van der Waals surface area contributed by atoms with Crippen molar-refractivity contribution < 1.29 is 17.9 Å². The van der Waals surface area contributed by atoms with Gasteiger partial charge in [-0.15, -0.1) is 13.2 Å². The van der Waals surface area contributed by atoms with Crippen LogP contribution in [0.2, 0.25) is 5.02 Å². The van der Waals surface area contributed by atoms with Crippen molar-refractivity contribution in [3.8, 4) is 5.75 Å². The van der Waals surface area contributed by atoms with E-state index in [0.717, 1.165) is 6.07 Å². The van der Waals surface area contributed by atoms with Crippen molar-refractivity contribution in [3.63, 3.8) is 0 Å². The Morgan fingerprint density at radius 3 is 2.46 bits per heavy atom. The zero-order valence-corrected chi connectivity index (χ0v) is 6.99. The Balaban J connectivity index is 2.94. The van der Waals surface area contributed by atoms with Gasteiger partial charge in [-0.2, -0.15) is 0 Å². The molecule has 0 aliphatic carbocycles. The molecule has 68 valence electrons. The van der Waals surface area contributed by atoms with Crippen molar-refractivity contribution in [1.29, 1.82) is 0 Å². The summed E-state index contributed by atoms with van der Waals surface area (Å²) in [6.45, 7) is 0. The van der Waals surface area contributed by atoms with Gasteiger partial charge in [0.15, 0.2) is 0 Å². The first-order chi connectivity index (χ1) is 5.88. The van der Waals surface area contributed by atoms with Gasteiger partial charge in [-0.3, -0.25) is 0 Å². The molecule has 0 aliphatic rings. The van der Waals surface area contributed by atoms with Crippen LogP contribution in [0.25, 0.3) is 0 Å². The lowest BCUT2D eigenvalue weighted by molar-refractivity contribution is -0.274. The number of hydrogen-bond acceptors (Lipinski definition) is 1. The molecule has 0 unspecified atom stereocenters. The molecule has 1 nitrogen and oxygen atoms in total. The van der Waals surface area contributed by atoms with E-state index in [4.69, 9.17) is 19.4 Å². The molecule has 0 aliphatic heterocycles. The molecular weight excluding hydrogens is 203 g/mol. The number of benzene rings is 1. The fraction of sp³-hybridized carbons (Fsp3) is 0.143. The summed E-state index contributed by atoms with van der Waals surface area (Å²) in [7, 11) is 5.24. The Morgan fingerprint density at radius 1 is 1.31 bits per heavy atom. The molecule has 0 spiro atoms. The van der Waals surface area contributed by atoms with E-state index >= 15 is 0 Å². The van der Waals surface area contributed by atoms with Crippen molar-refractivity contribution in [1.82, 2.24) is 0 Å². The van der Waals surface area contributed by atoms with Gasteiger partial charge in [-0.25, -0.2) is 0 Å². The highest BCUT2D eigenvalue weighted by Gasteiger charge is 2.31. The maximum absolute atomic E-state index is 11.7. The summed E-state index contributed by atoms with van der Waals surface area (Å²) in [5, 5.41) is -0.133. The van der Waals surface area contributed by atoms with Crippen molar-refractivity contribution in [2.75, 3.05) is 0 Å². The highest BCUT2D eigenvalue weighted by atomic mass is 35.5. The third-order valence-electron chi connectivity index (χ3n) is 1.18. The van der Waals surface area contributed by atoms with E-state index in [-0.39, 0.29) is 10.5 Å². The number of alkyl halides is 3. The van der Waals surface area contributed by atoms with Gasteiger partial charge < -0.3 is 4.74 Å². The van der Waals surface area contributed by atoms with Crippen molar-refractivity contribution in [3.05, 3.63) is 23.2 Å². The summed E-state index contributed by atoms with van der Waals surface area (Å²) in [6, 6.07) is 3.62. The summed E-state index contributed by atoms with van der Waals surface area (Å²) in [5.74, 6) is -0.492. The third kappa shape index (κ3) is 3.18. The summed E-state index contributed by atoms with van der Waals surface area (Å²) in [5.41, 5.74) is 0.156. The lowest BCUT2D eigenvalue weighted by atomic mass is 9.96. The first-order valence-electron chi connectivity index (χ1n) is 3.19. The predicted molar refractivity (Wildman–Crippen MR) is 43.5 cm³/mol. The second-order valence-electron chi connectivity index (χ2n) is 2.24. The molecule has 0 fully saturated rings. The minimum absolute atomic E-state index is 0.133. The standard InChI is InChI=1S/C7H3BClF3O/c8-4-1-2-5(9)6(3-4)13-7(10,11)12/h1-3H. The maximum atomic E-state index is 11.7. The molecule has 0 aromatic heterocycles. The summed E-state index contributed by atoms with van der Waals surface area (Å²) >= 11 is 5.42. The highest BCUT2D eigenvalue weighted by molar-refractivity contribution is 6.35. The van der Waals surface area contributed by atoms with Crippen molar-refractivity contribution >= 4 is 24.9 Å². The fourth-order valence-corrected chi connectivity index (χ4v) is 0.879. The van der Waals surface area contributed by atoms with E-state index in [9.17, 15) is 13.2 Å². The molecule has 0 N–H and O–H groups in total. The maximum Gasteiger partial charge on any atom is 0.573 e. The molecule has 0 saturated heterocycles. The molecule has 1 aromatic carbocycles. The highest BCUT2D eigenvalue weighted by Crippen LogP contribution is 2.28. The van der Waals surface area contributed by atoms with Crippen LogP contribution in [0.4, 0.5) is 13.2 Å². The van der Waals surface area contributed by atoms with E-state index in [2.05, 4.69) is 4.74 Å². The van der Waals surface area contributed by atoms with Crippen molar-refractivity contribution in [2.45, 2.75) is 6.36 Å². The third-order valence-corrected chi connectivity index (χ3v) is 1.49. The van der Waals surface area contributed by atoms with Crippen molar-refractivity contribution in [2.24, 2.45) is 0 Å². The fourth-order valence-electron chi connectivity index (χ4n) is 0.723. The molecule has 6 heteroatoms. The molecule has 1 aromatic rings. The Kier molecular flexibility index (Phi) is 2.76. The first kappa shape index (κ1) is 10.2. The van der Waals surface area contributed by atoms with Gasteiger partial charge >= 0.3 is 6.36 Å². The van der Waals surface area contributed by atoms with Gasteiger partial charge in [0, 0.05) is 0 Å². The van der Waals surface area contributed by atoms with Crippen LogP contribution in [0.1, 0.15) is 0 Å². The molecule has 0 heterocycles. The van der Waals surface area contributed by atoms with Crippen LogP contribution in [0.5, 0.6) is 5.75 Å². The van der Waals surface area contributed by atoms with Crippen LogP contribution < -0.4 is 10.2 Å². The lowest BCUT2D eigenvalue weighted by Gasteiger charge is -2.10. The zero-order chi connectivity index (χ0) is 10.1. The number of rotatable bonds is 1. The Morgan fingerprint density at radius 2 is 1.92 bits per heavy atom. The molecule has 0 atom stereocenters. The van der Waals surface area contributed by atoms with Crippen LogP contribution in [-0.2, 0) is 0 Å². The van der Waals surface area contributed by atoms with Crippen LogP contribution in [-0.4, -0.2) is 14.2 Å². The minimum Gasteiger partial charge on any atom is -0.404 e. The topological polar surface area (TPSA) is 9.23 Å². The molecule has 2 radical (unpaired) electrons. The minimum atomic E-state index is -4.75. The smallest absolute Gasteiger partial charge is 0.404 e. The number of hydrogen-bond donors (Lipinski definition) is 0. The summed E-state index contributed by atoms with van der Waals surface area (Å²) in [6.07, 6.45) is -4.75. The van der Waals surface area contributed by atoms with Crippen LogP contribution in [0.3, 0.4) is 0 Å². The quantitative estimate of drug-likeness (QED) is 0.639. The molecular formula is C7H3BClF3O.